The van der Waals surface area contributed by atoms with Gasteiger partial charge in [-0.1, -0.05) is 184 Å². The molecule has 0 aliphatic carbocycles. The van der Waals surface area contributed by atoms with Crippen LogP contribution in [0, 0.1) is 3.57 Å². The number of hydrogen-bond donors (Lipinski definition) is 1. The van der Waals surface area contributed by atoms with Gasteiger partial charge >= 0.3 is 7.69 Å². The summed E-state index contributed by atoms with van der Waals surface area (Å²) in [6.45, 7) is 0. The van der Waals surface area contributed by atoms with Gasteiger partial charge in [0.2, 0.25) is 0 Å². The molecule has 0 amide bonds. The molecule has 0 bridgehead atoms. The summed E-state index contributed by atoms with van der Waals surface area (Å²) < 4.78 is 13.1. The molecule has 1 N–H and O–H groups in total. The lowest BCUT2D eigenvalue weighted by Crippen LogP contribution is -2.01. The Labute approximate surface area is 426 Å². The maximum atomic E-state index is 8.83. The van der Waals surface area contributed by atoms with Crippen LogP contribution in [0.3, 0.4) is 0 Å². The normalized spacial score (nSPS) is 10.9. The molecule has 12 aromatic rings. The first-order valence-corrected chi connectivity index (χ1v) is 24.8. The lowest BCUT2D eigenvalue weighted by atomic mass is 10.00. The van der Waals surface area contributed by atoms with Crippen molar-refractivity contribution < 1.29 is 9.68 Å². The molecule has 12 rings (SSSR count). The average molecular weight is 1120 g/mol. The third kappa shape index (κ3) is 9.69. The first-order chi connectivity index (χ1) is 33.4. The van der Waals surface area contributed by atoms with Crippen molar-refractivity contribution in [2.75, 3.05) is 0 Å². The van der Waals surface area contributed by atoms with Gasteiger partial charge < -0.3 is 18.8 Å². The van der Waals surface area contributed by atoms with Crippen LogP contribution in [0.15, 0.2) is 252 Å². The van der Waals surface area contributed by atoms with Crippen LogP contribution in [0.2, 0.25) is 0 Å². The molecular formula is C60H41BBr2IN2O2. The molecule has 0 saturated carbocycles. The summed E-state index contributed by atoms with van der Waals surface area (Å²) in [6, 6.07) is 84.6. The molecule has 2 heterocycles. The van der Waals surface area contributed by atoms with Crippen LogP contribution >= 0.6 is 54.5 Å². The number of fused-ring (bicyclic) bond motifs is 6. The molecule has 1 radical (unpaired) electrons. The SMILES string of the molecule is Brc1ccc(-c2ccc(-c3cccc(-n4c5ccccc5c5ccccc54)c3)cc2)cc1.Brc1ccc(-c2ccc(I)cc2)cc1.O[B]Oc1cccc(-n2c3ccccc3c3ccccc32)c1. The van der Waals surface area contributed by atoms with E-state index in [1.54, 1.807) is 0 Å². The fourth-order valence-electron chi connectivity index (χ4n) is 8.76. The fourth-order valence-corrected chi connectivity index (χ4v) is 9.65. The van der Waals surface area contributed by atoms with Crippen molar-refractivity contribution in [3.63, 3.8) is 0 Å². The predicted octanol–water partition coefficient (Wildman–Crippen LogP) is 17.3. The molecule has 0 fully saturated rings. The summed E-state index contributed by atoms with van der Waals surface area (Å²) in [4.78, 5) is 0. The summed E-state index contributed by atoms with van der Waals surface area (Å²) >= 11 is 9.25. The monoisotopic (exact) mass is 1120 g/mol. The Morgan fingerprint density at radius 2 is 0.691 bits per heavy atom. The van der Waals surface area contributed by atoms with E-state index >= 15 is 0 Å². The van der Waals surface area contributed by atoms with E-state index in [9.17, 15) is 0 Å². The van der Waals surface area contributed by atoms with E-state index in [4.69, 9.17) is 9.68 Å². The van der Waals surface area contributed by atoms with Crippen LogP contribution in [0.1, 0.15) is 0 Å². The maximum absolute atomic E-state index is 8.83. The standard InChI is InChI=1S/C30H20BrN.C18H13BNO2.C12H8BrI/c31-25-18-16-22(17-19-25)21-12-14-23(15-13-21)24-6-5-7-26(20-24)32-29-10-3-1-8-27(29)28-9-2-4-11-30(28)32;21-19-22-14-7-5-6-13(12-14)20-17-10-3-1-8-15(17)16-9-2-4-11-18(16)20;13-11-5-1-9(2-6-11)10-3-7-12(14)8-4-10/h1-20H;1-12,21H;1-8H. The zero-order chi connectivity index (χ0) is 46.4. The second-order valence-electron chi connectivity index (χ2n) is 16.1. The maximum Gasteiger partial charge on any atom is 0.569 e. The van der Waals surface area contributed by atoms with Gasteiger partial charge in [-0.2, -0.15) is 0 Å². The zero-order valence-electron chi connectivity index (χ0n) is 36.6. The van der Waals surface area contributed by atoms with Crippen LogP contribution < -0.4 is 4.65 Å². The molecule has 0 saturated heterocycles. The van der Waals surface area contributed by atoms with Crippen molar-refractivity contribution in [1.82, 2.24) is 9.13 Å². The fraction of sp³-hybridized carbons (Fsp3) is 0. The van der Waals surface area contributed by atoms with Crippen molar-refractivity contribution in [1.29, 1.82) is 0 Å². The Kier molecular flexibility index (Phi) is 13.7. The zero-order valence-corrected chi connectivity index (χ0v) is 41.9. The Morgan fingerprint density at radius 3 is 1.10 bits per heavy atom. The minimum atomic E-state index is 0.599. The minimum Gasteiger partial charge on any atom is -0.537 e. The van der Waals surface area contributed by atoms with Gasteiger partial charge in [-0.15, -0.1) is 0 Å². The topological polar surface area (TPSA) is 39.3 Å². The van der Waals surface area contributed by atoms with E-state index in [0.29, 0.717) is 13.4 Å². The highest BCUT2D eigenvalue weighted by Crippen LogP contribution is 2.35. The van der Waals surface area contributed by atoms with Gasteiger partial charge in [0, 0.05) is 51.5 Å². The summed E-state index contributed by atoms with van der Waals surface area (Å²) in [6.07, 6.45) is 0. The van der Waals surface area contributed by atoms with Gasteiger partial charge in [0.15, 0.2) is 0 Å². The van der Waals surface area contributed by atoms with Gasteiger partial charge in [-0.25, -0.2) is 0 Å². The van der Waals surface area contributed by atoms with Crippen molar-refractivity contribution >= 4 is 106 Å². The lowest BCUT2D eigenvalue weighted by molar-refractivity contribution is 0.453. The Hall–Kier alpha value is -6.69. The molecule has 0 atom stereocenters. The molecule has 68 heavy (non-hydrogen) atoms. The third-order valence-electron chi connectivity index (χ3n) is 11.9. The van der Waals surface area contributed by atoms with Crippen molar-refractivity contribution in [2.24, 2.45) is 0 Å². The first-order valence-electron chi connectivity index (χ1n) is 22.1. The molecular weight excluding hydrogens is 1080 g/mol. The minimum absolute atomic E-state index is 0.599. The number of aromatic nitrogens is 2. The first kappa shape index (κ1) is 45.1. The second-order valence-corrected chi connectivity index (χ2v) is 19.2. The molecule has 8 heteroatoms. The molecule has 2 aromatic heterocycles. The van der Waals surface area contributed by atoms with E-state index in [1.807, 2.05) is 36.4 Å². The summed E-state index contributed by atoms with van der Waals surface area (Å²) in [5, 5.41) is 13.8. The highest BCUT2D eigenvalue weighted by atomic mass is 127. The predicted molar refractivity (Wildman–Crippen MR) is 301 cm³/mol. The molecule has 0 spiro atoms. The highest BCUT2D eigenvalue weighted by molar-refractivity contribution is 14.1. The highest BCUT2D eigenvalue weighted by Gasteiger charge is 2.14. The summed E-state index contributed by atoms with van der Waals surface area (Å²) in [7, 11) is 0.699. The number of rotatable bonds is 7. The van der Waals surface area contributed by atoms with Crippen LogP contribution in [0.25, 0.3) is 88.4 Å². The lowest BCUT2D eigenvalue weighted by Gasteiger charge is -2.11. The quantitative estimate of drug-likeness (QED) is 0.128. The number of benzene rings is 10. The van der Waals surface area contributed by atoms with E-state index in [-0.39, 0.29) is 0 Å². The van der Waals surface area contributed by atoms with E-state index < -0.39 is 0 Å². The van der Waals surface area contributed by atoms with Crippen molar-refractivity contribution in [3.05, 3.63) is 255 Å². The number of nitrogens with zero attached hydrogens (tertiary/aromatic N) is 2. The van der Waals surface area contributed by atoms with Crippen LogP contribution in [0.4, 0.5) is 0 Å². The molecule has 327 valence electrons. The number of para-hydroxylation sites is 4. The average Bonchev–Trinajstić information content (AvgIpc) is 3.91. The molecule has 0 unspecified atom stereocenters. The molecule has 0 aliphatic rings. The van der Waals surface area contributed by atoms with Gasteiger partial charge in [-0.3, -0.25) is 0 Å². The van der Waals surface area contributed by atoms with Crippen LogP contribution in [-0.2, 0) is 0 Å². The second kappa shape index (κ2) is 20.7. The van der Waals surface area contributed by atoms with Crippen LogP contribution in [-0.4, -0.2) is 21.8 Å². The summed E-state index contributed by atoms with van der Waals surface area (Å²) in [5.74, 6) is 0.599. The van der Waals surface area contributed by atoms with E-state index in [1.165, 1.54) is 75.2 Å². The van der Waals surface area contributed by atoms with Gasteiger partial charge in [0.25, 0.3) is 0 Å². The van der Waals surface area contributed by atoms with E-state index in [0.717, 1.165) is 25.7 Å². The van der Waals surface area contributed by atoms with Crippen molar-refractivity contribution in [2.45, 2.75) is 0 Å². The number of hydrogen-bond acceptors (Lipinski definition) is 2. The Morgan fingerprint density at radius 1 is 0.353 bits per heavy atom. The van der Waals surface area contributed by atoms with Crippen LogP contribution in [0.5, 0.6) is 5.75 Å². The molecule has 10 aromatic carbocycles. The third-order valence-corrected chi connectivity index (χ3v) is 13.7. The molecule has 4 nitrogen and oxygen atoms in total. The largest absolute Gasteiger partial charge is 0.569 e. The van der Waals surface area contributed by atoms with E-state index in [2.05, 4.69) is 270 Å². The molecule has 0 aliphatic heterocycles. The van der Waals surface area contributed by atoms with Gasteiger partial charge in [-0.05, 0) is 141 Å². The smallest absolute Gasteiger partial charge is 0.537 e. The Bertz CT molecular complexity index is 3510. The number of halogens is 3. The van der Waals surface area contributed by atoms with Crippen molar-refractivity contribution in [3.8, 4) is 50.5 Å². The van der Waals surface area contributed by atoms with Gasteiger partial charge in [0.1, 0.15) is 5.75 Å². The van der Waals surface area contributed by atoms with Gasteiger partial charge in [0.05, 0.1) is 22.1 Å². The Balaban J connectivity index is 0.000000129. The summed E-state index contributed by atoms with van der Waals surface area (Å²) in [5.41, 5.74) is 14.3.